The van der Waals surface area contributed by atoms with Crippen molar-refractivity contribution in [2.75, 3.05) is 5.88 Å². The van der Waals surface area contributed by atoms with Crippen LogP contribution in [0.4, 0.5) is 4.39 Å². The van der Waals surface area contributed by atoms with E-state index in [-0.39, 0.29) is 17.3 Å². The molecule has 0 fully saturated rings. The number of alkyl halides is 1. The van der Waals surface area contributed by atoms with Crippen molar-refractivity contribution in [2.24, 2.45) is 0 Å². The maximum atomic E-state index is 13.1. The van der Waals surface area contributed by atoms with E-state index in [2.05, 4.69) is 15.9 Å². The van der Waals surface area contributed by atoms with E-state index >= 15 is 0 Å². The number of carbonyl (C=O) groups excluding carboxylic acids is 1. The largest absolute Gasteiger partial charge is 0.508 e. The first-order valence-electron chi connectivity index (χ1n) is 6.56. The molecule has 0 aliphatic carbocycles. The molecule has 2 rings (SSSR count). The Morgan fingerprint density at radius 3 is 2.73 bits per heavy atom. The molecule has 22 heavy (non-hydrogen) atoms. The lowest BCUT2D eigenvalue weighted by molar-refractivity contribution is 0.104. The van der Waals surface area contributed by atoms with Gasteiger partial charge in [0.15, 0.2) is 5.78 Å². The van der Waals surface area contributed by atoms with Gasteiger partial charge in [0.05, 0.1) is 4.47 Å². The Kier molecular flexibility index (Phi) is 5.75. The number of phenols is 1. The monoisotopic (exact) mass is 382 g/mol. The van der Waals surface area contributed by atoms with Gasteiger partial charge >= 0.3 is 0 Å². The summed E-state index contributed by atoms with van der Waals surface area (Å²) in [6, 6.07) is 9.17. The summed E-state index contributed by atoms with van der Waals surface area (Å²) in [7, 11) is 0. The number of hydrogen-bond donors (Lipinski definition) is 1. The Morgan fingerprint density at radius 1 is 1.27 bits per heavy atom. The summed E-state index contributed by atoms with van der Waals surface area (Å²) in [5.74, 6) is -0.0578. The number of halogens is 3. The molecule has 5 heteroatoms. The lowest BCUT2D eigenvalue weighted by Gasteiger charge is -2.04. The second-order valence-electron chi connectivity index (χ2n) is 4.65. The zero-order chi connectivity index (χ0) is 16.1. The number of allylic oxidation sites excluding steroid dienone is 1. The molecule has 0 heterocycles. The standard InChI is InChI=1S/C17H13BrClFO2/c18-14-9-11(1-4-15(14)20)2-5-16(21)12-3-6-17(22)13(10-12)7-8-19/h1-6,9-10,22H,7-8H2. The molecule has 0 amide bonds. The van der Waals surface area contributed by atoms with Crippen molar-refractivity contribution in [1.82, 2.24) is 0 Å². The summed E-state index contributed by atoms with van der Waals surface area (Å²) >= 11 is 8.76. The van der Waals surface area contributed by atoms with E-state index in [0.717, 1.165) is 0 Å². The Morgan fingerprint density at radius 2 is 2.05 bits per heavy atom. The molecule has 2 aromatic carbocycles. The molecule has 0 saturated heterocycles. The maximum absolute atomic E-state index is 13.1. The number of aryl methyl sites for hydroxylation is 1. The Hall–Kier alpha value is -1.65. The van der Waals surface area contributed by atoms with Crippen LogP contribution in [-0.2, 0) is 6.42 Å². The van der Waals surface area contributed by atoms with E-state index in [9.17, 15) is 14.3 Å². The minimum atomic E-state index is -0.354. The lowest BCUT2D eigenvalue weighted by Crippen LogP contribution is -1.97. The zero-order valence-electron chi connectivity index (χ0n) is 11.5. The number of ketones is 1. The highest BCUT2D eigenvalue weighted by molar-refractivity contribution is 9.10. The number of phenolic OH excluding ortho intramolecular Hbond substituents is 1. The number of carbonyl (C=O) groups is 1. The van der Waals surface area contributed by atoms with Crippen LogP contribution in [0.2, 0.25) is 0 Å². The Bertz CT molecular complexity index is 729. The highest BCUT2D eigenvalue weighted by Crippen LogP contribution is 2.21. The summed E-state index contributed by atoms with van der Waals surface area (Å²) < 4.78 is 13.5. The van der Waals surface area contributed by atoms with Crippen LogP contribution in [0.15, 0.2) is 46.9 Å². The van der Waals surface area contributed by atoms with Gasteiger partial charge in [0.2, 0.25) is 0 Å². The highest BCUT2D eigenvalue weighted by atomic mass is 79.9. The van der Waals surface area contributed by atoms with Crippen LogP contribution < -0.4 is 0 Å². The molecule has 0 saturated carbocycles. The van der Waals surface area contributed by atoms with Crippen molar-refractivity contribution in [3.63, 3.8) is 0 Å². The summed E-state index contributed by atoms with van der Waals surface area (Å²) in [6.45, 7) is 0. The van der Waals surface area contributed by atoms with E-state index in [1.54, 1.807) is 30.3 Å². The molecule has 1 N–H and O–H groups in total. The minimum absolute atomic E-state index is 0.128. The molecule has 2 aromatic rings. The molecule has 0 aliphatic rings. The molecular weight excluding hydrogens is 371 g/mol. The molecular formula is C17H13BrClFO2. The normalized spacial score (nSPS) is 11.0. The molecule has 0 unspecified atom stereocenters. The van der Waals surface area contributed by atoms with Crippen molar-refractivity contribution in [3.8, 4) is 5.75 Å². The molecule has 0 aromatic heterocycles. The first-order valence-corrected chi connectivity index (χ1v) is 7.89. The highest BCUT2D eigenvalue weighted by Gasteiger charge is 2.07. The third-order valence-electron chi connectivity index (χ3n) is 3.10. The fraction of sp³-hybridized carbons (Fsp3) is 0.118. The summed E-state index contributed by atoms with van der Waals surface area (Å²) in [4.78, 5) is 12.2. The van der Waals surface area contributed by atoms with E-state index in [1.165, 1.54) is 18.2 Å². The van der Waals surface area contributed by atoms with Gasteiger partial charge in [-0.3, -0.25) is 4.79 Å². The predicted octanol–water partition coefficient (Wildman–Crippen LogP) is 4.97. The third-order valence-corrected chi connectivity index (χ3v) is 3.90. The average Bonchev–Trinajstić information content (AvgIpc) is 2.50. The van der Waals surface area contributed by atoms with Gasteiger partial charge in [-0.05, 0) is 69.9 Å². The first-order chi connectivity index (χ1) is 10.5. The van der Waals surface area contributed by atoms with Crippen molar-refractivity contribution in [2.45, 2.75) is 6.42 Å². The van der Waals surface area contributed by atoms with Crippen LogP contribution in [0.25, 0.3) is 6.08 Å². The van der Waals surface area contributed by atoms with Crippen molar-refractivity contribution >= 4 is 39.4 Å². The topological polar surface area (TPSA) is 37.3 Å². The van der Waals surface area contributed by atoms with Gasteiger partial charge in [0.1, 0.15) is 11.6 Å². The molecule has 2 nitrogen and oxygen atoms in total. The zero-order valence-corrected chi connectivity index (χ0v) is 13.9. The predicted molar refractivity (Wildman–Crippen MR) is 90.0 cm³/mol. The lowest BCUT2D eigenvalue weighted by atomic mass is 10.0. The SMILES string of the molecule is O=C(C=Cc1ccc(F)c(Br)c1)c1ccc(O)c(CCCl)c1. The van der Waals surface area contributed by atoms with E-state index < -0.39 is 0 Å². The van der Waals surface area contributed by atoms with Gasteiger partial charge in [-0.25, -0.2) is 4.39 Å². The maximum Gasteiger partial charge on any atom is 0.185 e. The number of benzene rings is 2. The quantitative estimate of drug-likeness (QED) is 0.449. The molecule has 0 aliphatic heterocycles. The van der Waals surface area contributed by atoms with Crippen LogP contribution in [0.1, 0.15) is 21.5 Å². The second kappa shape index (κ2) is 7.56. The molecule has 114 valence electrons. The molecule has 0 bridgehead atoms. The Labute approximate surface area is 141 Å². The van der Waals surface area contributed by atoms with Crippen LogP contribution in [0.5, 0.6) is 5.75 Å². The van der Waals surface area contributed by atoms with Crippen molar-refractivity contribution in [3.05, 3.63) is 69.5 Å². The molecule has 0 atom stereocenters. The van der Waals surface area contributed by atoms with E-state index in [1.807, 2.05) is 0 Å². The summed E-state index contributed by atoms with van der Waals surface area (Å²) in [5.41, 5.74) is 1.82. The molecule has 0 radical (unpaired) electrons. The number of rotatable bonds is 5. The fourth-order valence-electron chi connectivity index (χ4n) is 1.93. The van der Waals surface area contributed by atoms with Crippen LogP contribution in [0.3, 0.4) is 0 Å². The van der Waals surface area contributed by atoms with Gasteiger partial charge in [-0.15, -0.1) is 11.6 Å². The van der Waals surface area contributed by atoms with Crippen molar-refractivity contribution < 1.29 is 14.3 Å². The van der Waals surface area contributed by atoms with Crippen LogP contribution in [-0.4, -0.2) is 16.8 Å². The summed E-state index contributed by atoms with van der Waals surface area (Å²) in [6.07, 6.45) is 3.51. The van der Waals surface area contributed by atoms with Crippen LogP contribution >= 0.6 is 27.5 Å². The first kappa shape index (κ1) is 16.7. The number of hydrogen-bond acceptors (Lipinski definition) is 2. The van der Waals surface area contributed by atoms with Gasteiger partial charge in [-0.2, -0.15) is 0 Å². The average molecular weight is 384 g/mol. The van der Waals surface area contributed by atoms with Gasteiger partial charge < -0.3 is 5.11 Å². The van der Waals surface area contributed by atoms with Gasteiger partial charge in [0.25, 0.3) is 0 Å². The third kappa shape index (κ3) is 4.18. The Balaban J connectivity index is 2.19. The number of aromatic hydroxyl groups is 1. The minimum Gasteiger partial charge on any atom is -0.508 e. The molecule has 0 spiro atoms. The van der Waals surface area contributed by atoms with Crippen LogP contribution in [0, 0.1) is 5.82 Å². The fourth-order valence-corrected chi connectivity index (χ4v) is 2.53. The smallest absolute Gasteiger partial charge is 0.185 e. The van der Waals surface area contributed by atoms with Gasteiger partial charge in [-0.1, -0.05) is 12.1 Å². The van der Waals surface area contributed by atoms with Gasteiger partial charge in [0, 0.05) is 11.4 Å². The van der Waals surface area contributed by atoms with E-state index in [0.29, 0.717) is 33.5 Å². The summed E-state index contributed by atoms with van der Waals surface area (Å²) in [5, 5.41) is 9.68. The van der Waals surface area contributed by atoms with E-state index in [4.69, 9.17) is 11.6 Å². The van der Waals surface area contributed by atoms with Crippen molar-refractivity contribution in [1.29, 1.82) is 0 Å². The second-order valence-corrected chi connectivity index (χ2v) is 5.89.